The van der Waals surface area contributed by atoms with Gasteiger partial charge in [-0.15, -0.1) is 5.10 Å². The van der Waals surface area contributed by atoms with Crippen LogP contribution in [0.3, 0.4) is 0 Å². The molecule has 8 heteroatoms. The molecule has 1 aliphatic rings. The van der Waals surface area contributed by atoms with Crippen LogP contribution >= 0.6 is 0 Å². The molecule has 4 rings (SSSR count). The molecular formula is C20H22N6O2. The van der Waals surface area contributed by atoms with Gasteiger partial charge in [-0.25, -0.2) is 4.68 Å². The minimum atomic E-state index is -0.193. The van der Waals surface area contributed by atoms with Gasteiger partial charge < -0.3 is 15.0 Å². The maximum Gasteiger partial charge on any atom is 0.262 e. The van der Waals surface area contributed by atoms with Gasteiger partial charge in [-0.3, -0.25) is 4.79 Å². The number of carbonyl (C=O) groups excluding carboxylic acids is 1. The second-order valence-electron chi connectivity index (χ2n) is 6.78. The van der Waals surface area contributed by atoms with Crippen LogP contribution in [0.4, 0.5) is 11.4 Å². The summed E-state index contributed by atoms with van der Waals surface area (Å²) in [5.74, 6) is 0.412. The number of nitrogens with zero attached hydrogens (tertiary/aromatic N) is 5. The molecule has 1 aliphatic heterocycles. The molecule has 1 aromatic heterocycles. The first-order valence-corrected chi connectivity index (χ1v) is 9.31. The summed E-state index contributed by atoms with van der Waals surface area (Å²) in [7, 11) is 0. The predicted molar refractivity (Wildman–Crippen MR) is 106 cm³/mol. The highest BCUT2D eigenvalue weighted by Crippen LogP contribution is 2.25. The van der Waals surface area contributed by atoms with E-state index in [2.05, 4.69) is 37.9 Å². The average molecular weight is 378 g/mol. The van der Waals surface area contributed by atoms with E-state index < -0.39 is 0 Å². The number of aryl methyl sites for hydroxylation is 1. The van der Waals surface area contributed by atoms with Crippen LogP contribution in [0, 0.1) is 6.92 Å². The summed E-state index contributed by atoms with van der Waals surface area (Å²) >= 11 is 0. The summed E-state index contributed by atoms with van der Waals surface area (Å²) in [5, 5.41) is 13.9. The number of tetrazole rings is 1. The Bertz CT molecular complexity index is 934. The van der Waals surface area contributed by atoms with Gasteiger partial charge >= 0.3 is 0 Å². The van der Waals surface area contributed by atoms with Crippen molar-refractivity contribution in [3.05, 3.63) is 54.4 Å². The Kier molecular flexibility index (Phi) is 5.18. The SMILES string of the molecule is Cc1cc(N2CCCC2)ccc1NC(=O)COc1ccc(-n2cnnn2)cc1. The molecule has 2 heterocycles. The number of carbonyl (C=O) groups is 1. The number of hydrogen-bond donors (Lipinski definition) is 1. The Hall–Kier alpha value is -3.42. The van der Waals surface area contributed by atoms with Crippen molar-refractivity contribution in [2.24, 2.45) is 0 Å². The second kappa shape index (κ2) is 8.08. The number of nitrogens with one attached hydrogen (secondary N) is 1. The standard InChI is InChI=1S/C20H22N6O2/c1-15-12-17(25-10-2-3-11-25)6-9-19(15)22-20(27)13-28-18-7-4-16(5-8-18)26-14-21-23-24-26/h4-9,12,14H,2-3,10-11,13H2,1H3,(H,22,27). The zero-order valence-electron chi connectivity index (χ0n) is 15.7. The number of rotatable bonds is 6. The normalized spacial score (nSPS) is 13.5. The largest absolute Gasteiger partial charge is 0.484 e. The average Bonchev–Trinajstić information content (AvgIpc) is 3.42. The van der Waals surface area contributed by atoms with Crippen molar-refractivity contribution in [2.45, 2.75) is 19.8 Å². The van der Waals surface area contributed by atoms with E-state index in [0.29, 0.717) is 5.75 Å². The van der Waals surface area contributed by atoms with E-state index in [1.165, 1.54) is 24.9 Å². The smallest absolute Gasteiger partial charge is 0.262 e. The van der Waals surface area contributed by atoms with Gasteiger partial charge in [0.25, 0.3) is 5.91 Å². The predicted octanol–water partition coefficient (Wildman–Crippen LogP) is 2.59. The van der Waals surface area contributed by atoms with Gasteiger partial charge in [-0.05, 0) is 78.2 Å². The van der Waals surface area contributed by atoms with Gasteiger partial charge in [0.05, 0.1) is 5.69 Å². The van der Waals surface area contributed by atoms with E-state index in [9.17, 15) is 4.79 Å². The van der Waals surface area contributed by atoms with Gasteiger partial charge in [-0.2, -0.15) is 0 Å². The summed E-state index contributed by atoms with van der Waals surface area (Å²) < 4.78 is 7.12. The highest BCUT2D eigenvalue weighted by atomic mass is 16.5. The summed E-state index contributed by atoms with van der Waals surface area (Å²) in [6.07, 6.45) is 4.00. The quantitative estimate of drug-likeness (QED) is 0.710. The second-order valence-corrected chi connectivity index (χ2v) is 6.78. The lowest BCUT2D eigenvalue weighted by atomic mass is 10.1. The van der Waals surface area contributed by atoms with Gasteiger partial charge in [0.2, 0.25) is 0 Å². The highest BCUT2D eigenvalue weighted by molar-refractivity contribution is 5.92. The first-order chi connectivity index (χ1) is 13.7. The Balaban J connectivity index is 1.32. The van der Waals surface area contributed by atoms with Crippen LogP contribution < -0.4 is 15.0 Å². The number of hydrogen-bond acceptors (Lipinski definition) is 6. The number of benzene rings is 2. The van der Waals surface area contributed by atoms with Crippen molar-refractivity contribution in [1.29, 1.82) is 0 Å². The van der Waals surface area contributed by atoms with Crippen LogP contribution in [-0.4, -0.2) is 45.8 Å². The first kappa shape index (κ1) is 18.0. The van der Waals surface area contributed by atoms with Crippen molar-refractivity contribution in [3.63, 3.8) is 0 Å². The van der Waals surface area contributed by atoms with Crippen LogP contribution in [0.25, 0.3) is 5.69 Å². The van der Waals surface area contributed by atoms with Crippen molar-refractivity contribution in [1.82, 2.24) is 20.2 Å². The Morgan fingerprint density at radius 1 is 1.11 bits per heavy atom. The minimum Gasteiger partial charge on any atom is -0.484 e. The molecule has 1 saturated heterocycles. The Labute approximate surface area is 163 Å². The van der Waals surface area contributed by atoms with E-state index in [1.54, 1.807) is 16.8 Å². The van der Waals surface area contributed by atoms with Crippen LogP contribution in [-0.2, 0) is 4.79 Å². The number of aromatic nitrogens is 4. The maximum absolute atomic E-state index is 12.3. The van der Waals surface area contributed by atoms with E-state index in [-0.39, 0.29) is 12.5 Å². The molecule has 1 N–H and O–H groups in total. The topological polar surface area (TPSA) is 85.2 Å². The first-order valence-electron chi connectivity index (χ1n) is 9.31. The van der Waals surface area contributed by atoms with Crippen LogP contribution in [0.2, 0.25) is 0 Å². The van der Waals surface area contributed by atoms with Crippen LogP contribution in [0.15, 0.2) is 48.8 Å². The molecule has 1 amide bonds. The zero-order valence-corrected chi connectivity index (χ0v) is 15.7. The van der Waals surface area contributed by atoms with E-state index in [1.807, 2.05) is 25.1 Å². The molecule has 0 radical (unpaired) electrons. The Morgan fingerprint density at radius 3 is 2.54 bits per heavy atom. The molecule has 0 aliphatic carbocycles. The zero-order chi connectivity index (χ0) is 19.3. The third-order valence-electron chi connectivity index (χ3n) is 4.78. The maximum atomic E-state index is 12.3. The molecule has 0 atom stereocenters. The number of anilines is 2. The summed E-state index contributed by atoms with van der Waals surface area (Å²) in [6.45, 7) is 4.15. The van der Waals surface area contributed by atoms with Crippen molar-refractivity contribution < 1.29 is 9.53 Å². The molecule has 0 saturated carbocycles. The monoisotopic (exact) mass is 378 g/mol. The lowest BCUT2D eigenvalue weighted by molar-refractivity contribution is -0.118. The summed E-state index contributed by atoms with van der Waals surface area (Å²) in [5.41, 5.74) is 3.89. The van der Waals surface area contributed by atoms with Gasteiger partial charge in [0, 0.05) is 24.5 Å². The molecule has 28 heavy (non-hydrogen) atoms. The lowest BCUT2D eigenvalue weighted by Gasteiger charge is -2.19. The van der Waals surface area contributed by atoms with Gasteiger partial charge in [0.15, 0.2) is 6.61 Å². The van der Waals surface area contributed by atoms with Gasteiger partial charge in [-0.1, -0.05) is 0 Å². The highest BCUT2D eigenvalue weighted by Gasteiger charge is 2.14. The summed E-state index contributed by atoms with van der Waals surface area (Å²) in [6, 6.07) is 13.4. The molecule has 8 nitrogen and oxygen atoms in total. The number of amides is 1. The van der Waals surface area contributed by atoms with E-state index in [0.717, 1.165) is 30.0 Å². The van der Waals surface area contributed by atoms with Crippen LogP contribution in [0.1, 0.15) is 18.4 Å². The fourth-order valence-corrected chi connectivity index (χ4v) is 3.27. The molecular weight excluding hydrogens is 356 g/mol. The molecule has 0 unspecified atom stereocenters. The van der Waals surface area contributed by atoms with Crippen molar-refractivity contribution in [3.8, 4) is 11.4 Å². The Morgan fingerprint density at radius 2 is 1.86 bits per heavy atom. The van der Waals surface area contributed by atoms with E-state index >= 15 is 0 Å². The van der Waals surface area contributed by atoms with Crippen molar-refractivity contribution in [2.75, 3.05) is 29.9 Å². The molecule has 0 bridgehead atoms. The van der Waals surface area contributed by atoms with E-state index in [4.69, 9.17) is 4.74 Å². The summed E-state index contributed by atoms with van der Waals surface area (Å²) in [4.78, 5) is 14.6. The lowest BCUT2D eigenvalue weighted by Crippen LogP contribution is -2.21. The third-order valence-corrected chi connectivity index (χ3v) is 4.78. The van der Waals surface area contributed by atoms with Gasteiger partial charge in [0.1, 0.15) is 12.1 Å². The fourth-order valence-electron chi connectivity index (χ4n) is 3.27. The van der Waals surface area contributed by atoms with Crippen LogP contribution in [0.5, 0.6) is 5.75 Å². The molecule has 144 valence electrons. The van der Waals surface area contributed by atoms with Crippen molar-refractivity contribution >= 4 is 17.3 Å². The molecule has 0 spiro atoms. The number of ether oxygens (including phenoxy) is 1. The molecule has 1 fully saturated rings. The molecule has 2 aromatic carbocycles. The fraction of sp³-hybridized carbons (Fsp3) is 0.300. The third kappa shape index (κ3) is 4.11. The minimum absolute atomic E-state index is 0.0580. The molecule has 3 aromatic rings.